The van der Waals surface area contributed by atoms with Crippen LogP contribution in [0.2, 0.25) is 0 Å². The average molecular weight is 104 g/mol. The maximum absolute atomic E-state index is 10.9. The molecule has 7 heavy (non-hydrogen) atoms. The Bertz CT molecular complexity index is 110. The highest BCUT2D eigenvalue weighted by atomic mass is 19.2. The molecule has 4 heteroatoms. The molecule has 0 fully saturated rings. The molecule has 0 unspecified atom stereocenters. The third-order valence-electron chi connectivity index (χ3n) is 0.483. The summed E-state index contributed by atoms with van der Waals surface area (Å²) in [6, 6.07) is 0. The Labute approximate surface area is 40.0 Å². The van der Waals surface area contributed by atoms with Crippen LogP contribution in [-0.2, 0) is 4.79 Å². The molecule has 40 valence electrons. The van der Waals surface area contributed by atoms with Gasteiger partial charge in [-0.05, 0) is 6.92 Å². The van der Waals surface area contributed by atoms with Crippen LogP contribution in [0.3, 0.4) is 0 Å². The van der Waals surface area contributed by atoms with E-state index in [-0.39, 0.29) is 5.71 Å². The molecular formula is C3H5FN2O. The minimum absolute atomic E-state index is 0.306. The molecule has 0 spiro atoms. The summed E-state index contributed by atoms with van der Waals surface area (Å²) >= 11 is 0. The maximum Gasteiger partial charge on any atom is 0.265 e. The SMILES string of the molecule is CC(=NF)C(N)=O. The molecule has 0 aliphatic rings. The number of hydrogen-bond donors (Lipinski definition) is 1. The van der Waals surface area contributed by atoms with Crippen molar-refractivity contribution >= 4 is 11.6 Å². The van der Waals surface area contributed by atoms with Gasteiger partial charge in [-0.2, -0.15) is 0 Å². The van der Waals surface area contributed by atoms with Gasteiger partial charge in [0.05, 0.1) is 0 Å². The first kappa shape index (κ1) is 6.07. The zero-order valence-electron chi connectivity index (χ0n) is 3.81. The maximum atomic E-state index is 10.9. The van der Waals surface area contributed by atoms with E-state index >= 15 is 0 Å². The number of nitrogens with zero attached hydrogens (tertiary/aromatic N) is 1. The summed E-state index contributed by atoms with van der Waals surface area (Å²) in [4.78, 5) is 9.78. The molecule has 0 saturated carbocycles. The summed E-state index contributed by atoms with van der Waals surface area (Å²) in [5, 5.41) is 2.03. The summed E-state index contributed by atoms with van der Waals surface area (Å²) in [7, 11) is 0. The van der Waals surface area contributed by atoms with Crippen molar-refractivity contribution in [3.8, 4) is 0 Å². The normalized spacial score (nSPS) is 11.4. The summed E-state index contributed by atoms with van der Waals surface area (Å²) < 4.78 is 10.9. The fraction of sp³-hybridized carbons (Fsp3) is 0.333. The minimum atomic E-state index is -0.831. The van der Waals surface area contributed by atoms with Gasteiger partial charge in [-0.1, -0.05) is 9.70 Å². The molecule has 0 aromatic heterocycles. The predicted octanol–water partition coefficient (Wildman–Crippen LogP) is -0.183. The van der Waals surface area contributed by atoms with E-state index in [0.29, 0.717) is 0 Å². The Balaban J connectivity index is 3.82. The van der Waals surface area contributed by atoms with Crippen molar-refractivity contribution < 1.29 is 9.28 Å². The first-order chi connectivity index (χ1) is 3.18. The lowest BCUT2D eigenvalue weighted by molar-refractivity contribution is -0.112. The predicted molar refractivity (Wildman–Crippen MR) is 23.4 cm³/mol. The third kappa shape index (κ3) is 1.86. The van der Waals surface area contributed by atoms with Crippen molar-refractivity contribution in [3.63, 3.8) is 0 Å². The van der Waals surface area contributed by atoms with Gasteiger partial charge in [-0.3, -0.25) is 4.79 Å². The number of halogens is 1. The summed E-state index contributed by atoms with van der Waals surface area (Å²) in [6.45, 7) is 1.20. The second-order valence-electron chi connectivity index (χ2n) is 1.03. The van der Waals surface area contributed by atoms with Crippen LogP contribution in [0.5, 0.6) is 0 Å². The summed E-state index contributed by atoms with van der Waals surface area (Å²) in [5.74, 6) is -0.831. The van der Waals surface area contributed by atoms with Gasteiger partial charge in [-0.15, -0.1) is 0 Å². The van der Waals surface area contributed by atoms with Gasteiger partial charge in [0.15, 0.2) is 0 Å². The molecule has 1 amide bonds. The molecule has 0 radical (unpaired) electrons. The van der Waals surface area contributed by atoms with Crippen LogP contribution in [0.25, 0.3) is 0 Å². The van der Waals surface area contributed by atoms with Crippen LogP contribution in [0, 0.1) is 0 Å². The van der Waals surface area contributed by atoms with Crippen molar-refractivity contribution in [1.29, 1.82) is 0 Å². The van der Waals surface area contributed by atoms with Crippen molar-refractivity contribution in [2.75, 3.05) is 0 Å². The highest BCUT2D eigenvalue weighted by Crippen LogP contribution is 1.73. The van der Waals surface area contributed by atoms with E-state index in [0.717, 1.165) is 0 Å². The molecule has 3 nitrogen and oxygen atoms in total. The standard InChI is InChI=1S/C3H5FN2O/c1-2(6-4)3(5)7/h1H3,(H2,5,7). The number of amides is 1. The molecule has 0 atom stereocenters. The van der Waals surface area contributed by atoms with Gasteiger partial charge < -0.3 is 5.73 Å². The summed E-state index contributed by atoms with van der Waals surface area (Å²) in [5.41, 5.74) is 4.23. The number of primary amides is 1. The molecule has 0 heterocycles. The topological polar surface area (TPSA) is 55.4 Å². The van der Waals surface area contributed by atoms with E-state index in [1.807, 2.05) is 5.21 Å². The lowest BCUT2D eigenvalue weighted by Crippen LogP contribution is -2.19. The van der Waals surface area contributed by atoms with E-state index in [2.05, 4.69) is 5.73 Å². The molecule has 2 N–H and O–H groups in total. The largest absolute Gasteiger partial charge is 0.364 e. The van der Waals surface area contributed by atoms with E-state index in [1.165, 1.54) is 6.92 Å². The molecule has 0 bridgehead atoms. The lowest BCUT2D eigenvalue weighted by Gasteiger charge is -1.81. The number of nitrogens with two attached hydrogens (primary N) is 1. The van der Waals surface area contributed by atoms with Gasteiger partial charge in [0, 0.05) is 0 Å². The van der Waals surface area contributed by atoms with Gasteiger partial charge in [0.2, 0.25) is 0 Å². The molecule has 0 aromatic rings. The molecule has 0 aliphatic carbocycles. The lowest BCUT2D eigenvalue weighted by atomic mass is 10.4. The minimum Gasteiger partial charge on any atom is -0.364 e. The van der Waals surface area contributed by atoms with Crippen LogP contribution in [0.1, 0.15) is 6.92 Å². The van der Waals surface area contributed by atoms with E-state index in [9.17, 15) is 9.28 Å². The Morgan fingerprint density at radius 1 is 1.86 bits per heavy atom. The fourth-order valence-electron chi connectivity index (χ4n) is 0.0416. The Hall–Kier alpha value is -0.930. The molecule has 0 aromatic carbocycles. The monoisotopic (exact) mass is 104 g/mol. The fourth-order valence-corrected chi connectivity index (χ4v) is 0.0416. The Morgan fingerprint density at radius 2 is 2.29 bits per heavy atom. The first-order valence-electron chi connectivity index (χ1n) is 1.64. The number of carbonyl (C=O) groups excluding carboxylic acids is 1. The Kier molecular flexibility index (Phi) is 1.98. The average Bonchev–Trinajstić information content (AvgIpc) is 1.65. The molecule has 0 rings (SSSR count). The van der Waals surface area contributed by atoms with Crippen LogP contribution in [0.4, 0.5) is 4.48 Å². The van der Waals surface area contributed by atoms with Gasteiger partial charge >= 0.3 is 0 Å². The number of carbonyl (C=O) groups is 1. The van der Waals surface area contributed by atoms with E-state index in [4.69, 9.17) is 0 Å². The van der Waals surface area contributed by atoms with Crippen LogP contribution >= 0.6 is 0 Å². The number of hydrogen-bond acceptors (Lipinski definition) is 2. The van der Waals surface area contributed by atoms with E-state index < -0.39 is 5.91 Å². The van der Waals surface area contributed by atoms with Crippen molar-refractivity contribution in [2.45, 2.75) is 6.92 Å². The van der Waals surface area contributed by atoms with Crippen LogP contribution < -0.4 is 5.73 Å². The second kappa shape index (κ2) is 2.28. The highest BCUT2D eigenvalue weighted by molar-refractivity contribution is 6.37. The smallest absolute Gasteiger partial charge is 0.265 e. The molecule has 0 aliphatic heterocycles. The van der Waals surface area contributed by atoms with Crippen LogP contribution in [-0.4, -0.2) is 11.6 Å². The third-order valence-corrected chi connectivity index (χ3v) is 0.483. The Morgan fingerprint density at radius 3 is 2.29 bits per heavy atom. The molecule has 0 saturated heterocycles. The molecular weight excluding hydrogens is 99.0 g/mol. The van der Waals surface area contributed by atoms with Crippen molar-refractivity contribution in [1.82, 2.24) is 0 Å². The van der Waals surface area contributed by atoms with Gasteiger partial charge in [-0.25, -0.2) is 0 Å². The van der Waals surface area contributed by atoms with Gasteiger partial charge in [0.25, 0.3) is 5.91 Å². The summed E-state index contributed by atoms with van der Waals surface area (Å²) in [6.07, 6.45) is 0. The quantitative estimate of drug-likeness (QED) is 0.461. The number of rotatable bonds is 1. The second-order valence-corrected chi connectivity index (χ2v) is 1.03. The van der Waals surface area contributed by atoms with Crippen molar-refractivity contribution in [2.24, 2.45) is 10.9 Å². The zero-order valence-corrected chi connectivity index (χ0v) is 3.81. The zero-order chi connectivity index (χ0) is 5.86. The van der Waals surface area contributed by atoms with Crippen LogP contribution in [0.15, 0.2) is 5.21 Å². The first-order valence-corrected chi connectivity index (χ1v) is 1.64. The van der Waals surface area contributed by atoms with Crippen molar-refractivity contribution in [3.05, 3.63) is 0 Å². The highest BCUT2D eigenvalue weighted by Gasteiger charge is 1.95. The van der Waals surface area contributed by atoms with E-state index in [1.54, 1.807) is 0 Å². The van der Waals surface area contributed by atoms with Gasteiger partial charge in [0.1, 0.15) is 5.71 Å².